The molecule has 0 fully saturated rings. The molecule has 0 saturated carbocycles. The summed E-state index contributed by atoms with van der Waals surface area (Å²) in [5.41, 5.74) is 0. The third-order valence-corrected chi connectivity index (χ3v) is 0.577. The molecule has 3 N–H and O–H groups in total. The summed E-state index contributed by atoms with van der Waals surface area (Å²) in [6.07, 6.45) is 0.260. The van der Waals surface area contributed by atoms with Crippen molar-refractivity contribution in [2.45, 2.75) is 6.92 Å². The van der Waals surface area contributed by atoms with Gasteiger partial charge in [-0.3, -0.25) is 0 Å². The number of rotatable bonds is 3. The molecular formula is C3H10BNO2. The number of nitrogens with one attached hydrogen (secondary N) is 1. The molecular weight excluding hydrogens is 92.8 g/mol. The van der Waals surface area contributed by atoms with E-state index in [2.05, 4.69) is 5.32 Å². The monoisotopic (exact) mass is 103 g/mol. The molecule has 0 atom stereocenters. The Morgan fingerprint density at radius 2 is 2.14 bits per heavy atom. The molecule has 42 valence electrons. The van der Waals surface area contributed by atoms with Crippen LogP contribution in [0.5, 0.6) is 0 Å². The van der Waals surface area contributed by atoms with Crippen LogP contribution >= 0.6 is 0 Å². The van der Waals surface area contributed by atoms with Crippen molar-refractivity contribution in [3.63, 3.8) is 0 Å². The molecule has 3 nitrogen and oxygen atoms in total. The highest BCUT2D eigenvalue weighted by Crippen LogP contribution is 1.60. The molecule has 0 spiro atoms. The molecule has 0 heterocycles. The minimum Gasteiger partial charge on any atom is -0.426 e. The highest BCUT2D eigenvalue weighted by Gasteiger charge is 2.01. The van der Waals surface area contributed by atoms with E-state index in [0.29, 0.717) is 0 Å². The fourth-order valence-electron chi connectivity index (χ4n) is 0.273. The summed E-state index contributed by atoms with van der Waals surface area (Å²) in [7, 11) is -1.21. The molecule has 4 heteroatoms. The second-order valence-corrected chi connectivity index (χ2v) is 1.29. The van der Waals surface area contributed by atoms with Crippen LogP contribution in [0, 0.1) is 0 Å². The van der Waals surface area contributed by atoms with Crippen LogP contribution in [0.3, 0.4) is 0 Å². The van der Waals surface area contributed by atoms with E-state index < -0.39 is 7.12 Å². The van der Waals surface area contributed by atoms with Gasteiger partial charge in [0.15, 0.2) is 0 Å². The van der Waals surface area contributed by atoms with Crippen molar-refractivity contribution < 1.29 is 10.0 Å². The summed E-state index contributed by atoms with van der Waals surface area (Å²) in [6, 6.07) is 0. The first-order valence-electron chi connectivity index (χ1n) is 2.34. The van der Waals surface area contributed by atoms with Gasteiger partial charge in [0.25, 0.3) is 0 Å². The van der Waals surface area contributed by atoms with Crippen LogP contribution in [0.4, 0.5) is 0 Å². The molecule has 0 unspecified atom stereocenters. The summed E-state index contributed by atoms with van der Waals surface area (Å²) in [6.45, 7) is 2.68. The van der Waals surface area contributed by atoms with Gasteiger partial charge in [0.05, 0.1) is 0 Å². The fraction of sp³-hybridized carbons (Fsp3) is 1.00. The zero-order valence-electron chi connectivity index (χ0n) is 4.39. The largest absolute Gasteiger partial charge is 0.466 e. The van der Waals surface area contributed by atoms with Crippen molar-refractivity contribution in [1.82, 2.24) is 5.32 Å². The van der Waals surface area contributed by atoms with E-state index in [1.807, 2.05) is 6.92 Å². The van der Waals surface area contributed by atoms with E-state index in [-0.39, 0.29) is 6.44 Å². The maximum Gasteiger partial charge on any atom is 0.466 e. The fourth-order valence-corrected chi connectivity index (χ4v) is 0.273. The van der Waals surface area contributed by atoms with Crippen LogP contribution in [0.25, 0.3) is 0 Å². The Morgan fingerprint density at radius 3 is 2.29 bits per heavy atom. The molecule has 0 bridgehead atoms. The Morgan fingerprint density at radius 1 is 1.57 bits per heavy atom. The zero-order valence-corrected chi connectivity index (χ0v) is 4.39. The lowest BCUT2D eigenvalue weighted by atomic mass is 9.93. The summed E-state index contributed by atoms with van der Waals surface area (Å²) in [5, 5.41) is 19.1. The van der Waals surface area contributed by atoms with Gasteiger partial charge in [-0.2, -0.15) is 0 Å². The highest BCUT2D eigenvalue weighted by molar-refractivity contribution is 6.41. The smallest absolute Gasteiger partial charge is 0.426 e. The lowest BCUT2D eigenvalue weighted by Crippen LogP contribution is -2.30. The average molecular weight is 103 g/mol. The maximum absolute atomic E-state index is 8.18. The van der Waals surface area contributed by atoms with E-state index in [1.54, 1.807) is 0 Å². The minimum atomic E-state index is -1.21. The number of hydrogen-bond donors (Lipinski definition) is 3. The third-order valence-electron chi connectivity index (χ3n) is 0.577. The molecule has 0 rings (SSSR count). The lowest BCUT2D eigenvalue weighted by molar-refractivity contribution is 0.400. The van der Waals surface area contributed by atoms with Crippen molar-refractivity contribution in [2.75, 3.05) is 13.0 Å². The average Bonchev–Trinajstić information content (AvgIpc) is 1.61. The zero-order chi connectivity index (χ0) is 5.70. The molecule has 0 saturated heterocycles. The minimum absolute atomic E-state index is 0.260. The molecule has 7 heavy (non-hydrogen) atoms. The molecule has 0 aliphatic heterocycles. The van der Waals surface area contributed by atoms with E-state index in [9.17, 15) is 0 Å². The van der Waals surface area contributed by atoms with Crippen LogP contribution < -0.4 is 5.32 Å². The molecule has 0 aromatic carbocycles. The maximum atomic E-state index is 8.18. The lowest BCUT2D eigenvalue weighted by Gasteiger charge is -1.95. The third kappa shape index (κ3) is 5.94. The molecule has 0 aliphatic carbocycles. The van der Waals surface area contributed by atoms with Crippen molar-refractivity contribution >= 4 is 7.12 Å². The molecule has 0 aromatic heterocycles. The van der Waals surface area contributed by atoms with E-state index in [1.165, 1.54) is 0 Å². The first kappa shape index (κ1) is 6.94. The van der Waals surface area contributed by atoms with Gasteiger partial charge in [0, 0.05) is 6.44 Å². The van der Waals surface area contributed by atoms with Gasteiger partial charge in [0.2, 0.25) is 0 Å². The first-order chi connectivity index (χ1) is 3.27. The Hall–Kier alpha value is -0.0551. The predicted molar refractivity (Wildman–Crippen MR) is 28.7 cm³/mol. The van der Waals surface area contributed by atoms with Gasteiger partial charge >= 0.3 is 7.12 Å². The van der Waals surface area contributed by atoms with Crippen LogP contribution in [-0.4, -0.2) is 30.2 Å². The van der Waals surface area contributed by atoms with Crippen LogP contribution in [0.2, 0.25) is 0 Å². The van der Waals surface area contributed by atoms with Crippen molar-refractivity contribution in [3.05, 3.63) is 0 Å². The van der Waals surface area contributed by atoms with Crippen LogP contribution in [0.1, 0.15) is 6.92 Å². The van der Waals surface area contributed by atoms with E-state index in [0.717, 1.165) is 6.54 Å². The Kier molecular flexibility index (Phi) is 4.08. The Labute approximate surface area is 43.5 Å². The second-order valence-electron chi connectivity index (χ2n) is 1.29. The molecule has 0 amide bonds. The van der Waals surface area contributed by atoms with Gasteiger partial charge in [0.1, 0.15) is 0 Å². The van der Waals surface area contributed by atoms with Gasteiger partial charge < -0.3 is 15.4 Å². The van der Waals surface area contributed by atoms with Crippen LogP contribution in [0.15, 0.2) is 0 Å². The van der Waals surface area contributed by atoms with Crippen molar-refractivity contribution in [3.8, 4) is 0 Å². The normalized spacial score (nSPS) is 9.00. The Bertz CT molecular complexity index is 41.9. The van der Waals surface area contributed by atoms with Crippen LogP contribution in [-0.2, 0) is 0 Å². The summed E-state index contributed by atoms with van der Waals surface area (Å²) >= 11 is 0. The standard InChI is InChI=1S/C3H10BNO2/c1-2-5-3-4(6)7/h5-7H,2-3H2,1H3. The molecule has 0 radical (unpaired) electrons. The van der Waals surface area contributed by atoms with Crippen molar-refractivity contribution in [2.24, 2.45) is 0 Å². The molecule has 0 aromatic rings. The summed E-state index contributed by atoms with van der Waals surface area (Å²) < 4.78 is 0. The topological polar surface area (TPSA) is 52.5 Å². The first-order valence-corrected chi connectivity index (χ1v) is 2.34. The highest BCUT2D eigenvalue weighted by atomic mass is 16.4. The van der Waals surface area contributed by atoms with Gasteiger partial charge in [-0.15, -0.1) is 0 Å². The Balaban J connectivity index is 2.68. The van der Waals surface area contributed by atoms with Crippen molar-refractivity contribution in [1.29, 1.82) is 0 Å². The van der Waals surface area contributed by atoms with E-state index in [4.69, 9.17) is 10.0 Å². The predicted octanol–water partition coefficient (Wildman–Crippen LogP) is -1.39. The second kappa shape index (κ2) is 4.11. The number of hydrogen-bond acceptors (Lipinski definition) is 3. The van der Waals surface area contributed by atoms with Gasteiger partial charge in [-0.25, -0.2) is 0 Å². The summed E-state index contributed by atoms with van der Waals surface area (Å²) in [5.74, 6) is 0. The van der Waals surface area contributed by atoms with Gasteiger partial charge in [-0.1, -0.05) is 6.92 Å². The summed E-state index contributed by atoms with van der Waals surface area (Å²) in [4.78, 5) is 0. The van der Waals surface area contributed by atoms with E-state index >= 15 is 0 Å². The van der Waals surface area contributed by atoms with Gasteiger partial charge in [-0.05, 0) is 6.54 Å². The molecule has 0 aliphatic rings. The SMILES string of the molecule is CCNCB(O)O. The quantitative estimate of drug-likeness (QED) is 0.385.